The Bertz CT molecular complexity index is 632. The maximum Gasteiger partial charge on any atom is 0.310 e. The van der Waals surface area contributed by atoms with E-state index in [1.54, 1.807) is 21.9 Å². The monoisotopic (exact) mass is 330 g/mol. The van der Waals surface area contributed by atoms with Gasteiger partial charge in [-0.05, 0) is 25.0 Å². The molecule has 1 heterocycles. The number of hydrogen-bond acceptors (Lipinski definition) is 3. The van der Waals surface area contributed by atoms with Crippen LogP contribution in [-0.2, 0) is 9.59 Å². The minimum atomic E-state index is -0.861. The summed E-state index contributed by atoms with van der Waals surface area (Å²) < 4.78 is 0. The largest absolute Gasteiger partial charge is 0.481 e. The number of hydrogen-bond donors (Lipinski definition) is 1. The van der Waals surface area contributed by atoms with E-state index in [0.717, 1.165) is 6.42 Å². The lowest BCUT2D eigenvalue weighted by Gasteiger charge is -2.40. The number of benzene rings is 1. The quantitative estimate of drug-likeness (QED) is 0.910. The molecule has 24 heavy (non-hydrogen) atoms. The van der Waals surface area contributed by atoms with Crippen LogP contribution in [-0.4, -0.2) is 58.9 Å². The Hall–Kier alpha value is -2.37. The van der Waals surface area contributed by atoms with E-state index < -0.39 is 11.4 Å². The summed E-state index contributed by atoms with van der Waals surface area (Å²) in [6, 6.07) is 9.10. The van der Waals surface area contributed by atoms with E-state index in [2.05, 4.69) is 0 Å². The van der Waals surface area contributed by atoms with Gasteiger partial charge in [-0.2, -0.15) is 0 Å². The standard InChI is InChI=1S/C18H22N2O4/c21-15(13-18(17(23)24)7-4-8-18)19-9-11-20(12-10-19)16(22)14-5-2-1-3-6-14/h1-3,5-6H,4,7-13H2,(H,23,24). The SMILES string of the molecule is O=C(CC1(C(=O)O)CCC1)N1CCN(C(=O)c2ccccc2)CC1. The van der Waals surface area contributed by atoms with Gasteiger partial charge in [-0.1, -0.05) is 24.6 Å². The van der Waals surface area contributed by atoms with Gasteiger partial charge in [0.05, 0.1) is 5.41 Å². The van der Waals surface area contributed by atoms with Gasteiger partial charge in [0.2, 0.25) is 5.91 Å². The van der Waals surface area contributed by atoms with E-state index in [-0.39, 0.29) is 18.2 Å². The Kier molecular flexibility index (Phi) is 4.55. The van der Waals surface area contributed by atoms with Crippen molar-refractivity contribution in [1.29, 1.82) is 0 Å². The molecule has 0 bridgehead atoms. The van der Waals surface area contributed by atoms with Gasteiger partial charge < -0.3 is 14.9 Å². The zero-order valence-corrected chi connectivity index (χ0v) is 13.6. The van der Waals surface area contributed by atoms with Gasteiger partial charge >= 0.3 is 5.97 Å². The van der Waals surface area contributed by atoms with Gasteiger partial charge in [0.15, 0.2) is 0 Å². The van der Waals surface area contributed by atoms with Crippen molar-refractivity contribution in [2.45, 2.75) is 25.7 Å². The van der Waals surface area contributed by atoms with Crippen LogP contribution in [0.3, 0.4) is 0 Å². The molecule has 0 atom stereocenters. The molecule has 3 rings (SSSR count). The molecule has 6 heteroatoms. The number of carbonyl (C=O) groups is 3. The van der Waals surface area contributed by atoms with Crippen molar-refractivity contribution in [3.63, 3.8) is 0 Å². The van der Waals surface area contributed by atoms with E-state index in [9.17, 15) is 19.5 Å². The maximum atomic E-state index is 12.4. The lowest BCUT2D eigenvalue weighted by molar-refractivity contribution is -0.159. The van der Waals surface area contributed by atoms with Crippen molar-refractivity contribution in [3.05, 3.63) is 35.9 Å². The van der Waals surface area contributed by atoms with E-state index in [1.807, 2.05) is 18.2 Å². The molecule has 2 fully saturated rings. The van der Waals surface area contributed by atoms with Crippen LogP contribution >= 0.6 is 0 Å². The molecule has 6 nitrogen and oxygen atoms in total. The van der Waals surface area contributed by atoms with Gasteiger partial charge in [-0.3, -0.25) is 14.4 Å². The number of carboxylic acid groups (broad SMARTS) is 1. The fourth-order valence-electron chi connectivity index (χ4n) is 3.39. The first-order chi connectivity index (χ1) is 11.5. The molecule has 0 radical (unpaired) electrons. The second-order valence-electron chi connectivity index (χ2n) is 6.65. The molecule has 0 unspecified atom stereocenters. The van der Waals surface area contributed by atoms with Crippen molar-refractivity contribution in [2.24, 2.45) is 5.41 Å². The highest BCUT2D eigenvalue weighted by molar-refractivity contribution is 5.94. The lowest BCUT2D eigenvalue weighted by atomic mass is 9.66. The van der Waals surface area contributed by atoms with Gasteiger partial charge in [0.25, 0.3) is 5.91 Å². The van der Waals surface area contributed by atoms with Crippen LogP contribution in [0.4, 0.5) is 0 Å². The van der Waals surface area contributed by atoms with Gasteiger partial charge in [0.1, 0.15) is 0 Å². The number of carboxylic acids is 1. The Morgan fingerprint density at radius 2 is 1.54 bits per heavy atom. The molecular weight excluding hydrogens is 308 g/mol. The normalized spacial score (nSPS) is 19.5. The van der Waals surface area contributed by atoms with Crippen molar-refractivity contribution < 1.29 is 19.5 Å². The Morgan fingerprint density at radius 3 is 2.04 bits per heavy atom. The van der Waals surface area contributed by atoms with E-state index >= 15 is 0 Å². The third-order valence-electron chi connectivity index (χ3n) is 5.19. The fourth-order valence-corrected chi connectivity index (χ4v) is 3.39. The van der Waals surface area contributed by atoms with Gasteiger partial charge in [-0.15, -0.1) is 0 Å². The number of rotatable bonds is 4. The lowest BCUT2D eigenvalue weighted by Crippen LogP contribution is -2.52. The van der Waals surface area contributed by atoms with Gasteiger partial charge in [-0.25, -0.2) is 0 Å². The van der Waals surface area contributed by atoms with Crippen molar-refractivity contribution in [3.8, 4) is 0 Å². The molecule has 2 aliphatic rings. The highest BCUT2D eigenvalue weighted by Crippen LogP contribution is 2.44. The van der Waals surface area contributed by atoms with Crippen LogP contribution in [0.2, 0.25) is 0 Å². The topological polar surface area (TPSA) is 77.9 Å². The molecule has 1 saturated carbocycles. The molecular formula is C18H22N2O4. The molecule has 1 aromatic rings. The number of carbonyl (C=O) groups excluding carboxylic acids is 2. The summed E-state index contributed by atoms with van der Waals surface area (Å²) in [6.45, 7) is 1.90. The van der Waals surface area contributed by atoms with Gasteiger partial charge in [0, 0.05) is 38.2 Å². The Labute approximate surface area is 141 Å². The summed E-state index contributed by atoms with van der Waals surface area (Å²) in [7, 11) is 0. The second-order valence-corrected chi connectivity index (χ2v) is 6.65. The predicted molar refractivity (Wildman–Crippen MR) is 87.5 cm³/mol. The second kappa shape index (κ2) is 6.63. The summed E-state index contributed by atoms with van der Waals surface area (Å²) in [5.74, 6) is -0.993. The summed E-state index contributed by atoms with van der Waals surface area (Å²) in [5, 5.41) is 9.35. The zero-order chi connectivity index (χ0) is 17.2. The predicted octanol–water partition coefficient (Wildman–Crippen LogP) is 1.62. The van der Waals surface area contributed by atoms with E-state index in [1.165, 1.54) is 0 Å². The summed E-state index contributed by atoms with van der Waals surface area (Å²) in [5.41, 5.74) is -0.203. The highest BCUT2D eigenvalue weighted by atomic mass is 16.4. The van der Waals surface area contributed by atoms with E-state index in [0.29, 0.717) is 44.6 Å². The number of nitrogens with zero attached hydrogens (tertiary/aromatic N) is 2. The Morgan fingerprint density at radius 1 is 0.958 bits per heavy atom. The minimum Gasteiger partial charge on any atom is -0.481 e. The molecule has 1 N–H and O–H groups in total. The van der Waals surface area contributed by atoms with E-state index in [4.69, 9.17) is 0 Å². The van der Waals surface area contributed by atoms with Crippen LogP contribution in [0.5, 0.6) is 0 Å². The average molecular weight is 330 g/mol. The van der Waals surface area contributed by atoms with Crippen molar-refractivity contribution >= 4 is 17.8 Å². The zero-order valence-electron chi connectivity index (χ0n) is 13.6. The van der Waals surface area contributed by atoms with Crippen LogP contribution in [0, 0.1) is 5.41 Å². The minimum absolute atomic E-state index is 0.0244. The fraction of sp³-hybridized carbons (Fsp3) is 0.500. The third kappa shape index (κ3) is 3.13. The summed E-state index contributed by atoms with van der Waals surface area (Å²) in [4.78, 5) is 39.6. The van der Waals surface area contributed by atoms with Crippen LogP contribution in [0.1, 0.15) is 36.0 Å². The average Bonchev–Trinajstić information content (AvgIpc) is 2.58. The maximum absolute atomic E-state index is 12.4. The molecule has 1 aliphatic heterocycles. The molecule has 0 aromatic heterocycles. The molecule has 128 valence electrons. The third-order valence-corrected chi connectivity index (χ3v) is 5.19. The van der Waals surface area contributed by atoms with Crippen LogP contribution in [0.25, 0.3) is 0 Å². The smallest absolute Gasteiger partial charge is 0.310 e. The summed E-state index contributed by atoms with van der Waals surface area (Å²) >= 11 is 0. The van der Waals surface area contributed by atoms with Crippen molar-refractivity contribution in [2.75, 3.05) is 26.2 Å². The first-order valence-electron chi connectivity index (χ1n) is 8.37. The first kappa shape index (κ1) is 16.5. The molecule has 1 saturated heterocycles. The number of aliphatic carboxylic acids is 1. The summed E-state index contributed by atoms with van der Waals surface area (Å²) in [6.07, 6.45) is 2.12. The number of piperazine rings is 1. The van der Waals surface area contributed by atoms with Crippen molar-refractivity contribution in [1.82, 2.24) is 9.80 Å². The molecule has 2 amide bonds. The number of amides is 2. The molecule has 0 spiro atoms. The molecule has 1 aromatic carbocycles. The highest BCUT2D eigenvalue weighted by Gasteiger charge is 2.46. The van der Waals surface area contributed by atoms with Crippen LogP contribution < -0.4 is 0 Å². The molecule has 1 aliphatic carbocycles. The first-order valence-corrected chi connectivity index (χ1v) is 8.37. The van der Waals surface area contributed by atoms with Crippen LogP contribution in [0.15, 0.2) is 30.3 Å². The Balaban J connectivity index is 1.54.